The van der Waals surface area contributed by atoms with E-state index in [-0.39, 0.29) is 10.6 Å². The Morgan fingerprint density at radius 1 is 1.10 bits per heavy atom. The maximum Gasteiger partial charge on any atom is 0.263 e. The molecule has 0 amide bonds. The second kappa shape index (κ2) is 5.83. The van der Waals surface area contributed by atoms with Crippen LogP contribution in [0.2, 0.25) is 0 Å². The highest BCUT2D eigenvalue weighted by Crippen LogP contribution is 2.30. The number of halogens is 3. The Balaban J connectivity index is 2.47. The van der Waals surface area contributed by atoms with Crippen LogP contribution in [0.1, 0.15) is 5.56 Å². The average Bonchev–Trinajstić information content (AvgIpc) is 2.36. The molecule has 0 saturated heterocycles. The topological polar surface area (TPSA) is 46.2 Å². The molecular weight excluding hydrogens is 413 g/mol. The van der Waals surface area contributed by atoms with Crippen molar-refractivity contribution in [1.82, 2.24) is 0 Å². The minimum Gasteiger partial charge on any atom is -0.277 e. The van der Waals surface area contributed by atoms with Crippen molar-refractivity contribution in [2.45, 2.75) is 11.8 Å². The fourth-order valence-electron chi connectivity index (χ4n) is 1.58. The average molecular weight is 423 g/mol. The van der Waals surface area contributed by atoms with E-state index in [4.69, 9.17) is 0 Å². The van der Waals surface area contributed by atoms with Crippen LogP contribution in [0.5, 0.6) is 0 Å². The maximum atomic E-state index is 13.5. The lowest BCUT2D eigenvalue weighted by atomic mass is 10.2. The normalized spacial score (nSPS) is 11.4. The number of para-hydroxylation sites is 1. The summed E-state index contributed by atoms with van der Waals surface area (Å²) in [6.45, 7) is 1.84. The molecule has 0 unspecified atom stereocenters. The SMILES string of the molecule is Cc1cc(Br)c(S(=O)(=O)Nc2ccccc2F)cc1Br. The third-order valence-corrected chi connectivity index (χ3v) is 5.80. The summed E-state index contributed by atoms with van der Waals surface area (Å²) < 4.78 is 41.5. The summed E-state index contributed by atoms with van der Waals surface area (Å²) in [5.41, 5.74) is 0.804. The summed E-state index contributed by atoms with van der Waals surface area (Å²) in [4.78, 5) is 0.0400. The van der Waals surface area contributed by atoms with E-state index in [0.717, 1.165) is 5.56 Å². The summed E-state index contributed by atoms with van der Waals surface area (Å²) in [7, 11) is -3.87. The molecule has 0 fully saturated rings. The van der Waals surface area contributed by atoms with Crippen LogP contribution in [0.25, 0.3) is 0 Å². The van der Waals surface area contributed by atoms with Gasteiger partial charge in [-0.1, -0.05) is 28.1 Å². The third-order valence-electron chi connectivity index (χ3n) is 2.62. The minimum atomic E-state index is -3.87. The molecule has 0 saturated carbocycles. The molecule has 0 aliphatic rings. The molecule has 0 aliphatic carbocycles. The van der Waals surface area contributed by atoms with Gasteiger partial charge in [-0.05, 0) is 52.7 Å². The van der Waals surface area contributed by atoms with E-state index < -0.39 is 15.8 Å². The first-order chi connectivity index (χ1) is 9.31. The molecule has 2 aromatic rings. The summed E-state index contributed by atoms with van der Waals surface area (Å²) in [5.74, 6) is -0.627. The number of nitrogens with one attached hydrogen (secondary N) is 1. The van der Waals surface area contributed by atoms with Gasteiger partial charge >= 0.3 is 0 Å². The molecule has 3 nitrogen and oxygen atoms in total. The monoisotopic (exact) mass is 421 g/mol. The fraction of sp³-hybridized carbons (Fsp3) is 0.0769. The molecule has 2 rings (SSSR count). The minimum absolute atomic E-state index is 0.0400. The number of aryl methyl sites for hydroxylation is 1. The zero-order valence-electron chi connectivity index (χ0n) is 10.3. The maximum absolute atomic E-state index is 13.5. The number of rotatable bonds is 3. The Morgan fingerprint density at radius 2 is 1.75 bits per heavy atom. The molecule has 0 atom stereocenters. The van der Waals surface area contributed by atoms with Crippen molar-refractivity contribution in [2.75, 3.05) is 4.72 Å². The van der Waals surface area contributed by atoms with Crippen molar-refractivity contribution in [2.24, 2.45) is 0 Å². The lowest BCUT2D eigenvalue weighted by Gasteiger charge is -2.11. The van der Waals surface area contributed by atoms with Gasteiger partial charge in [0.25, 0.3) is 10.0 Å². The fourth-order valence-corrected chi connectivity index (χ4v) is 4.32. The molecular formula is C13H10Br2FNO2S. The van der Waals surface area contributed by atoms with Gasteiger partial charge in [0.15, 0.2) is 0 Å². The predicted molar refractivity (Wildman–Crippen MR) is 83.8 cm³/mol. The largest absolute Gasteiger partial charge is 0.277 e. The van der Waals surface area contributed by atoms with Crippen LogP contribution >= 0.6 is 31.9 Å². The van der Waals surface area contributed by atoms with Crippen molar-refractivity contribution < 1.29 is 12.8 Å². The van der Waals surface area contributed by atoms with E-state index in [0.29, 0.717) is 8.95 Å². The van der Waals surface area contributed by atoms with E-state index in [1.807, 2.05) is 6.92 Å². The van der Waals surface area contributed by atoms with Crippen LogP contribution in [-0.2, 0) is 10.0 Å². The number of hydrogen-bond donors (Lipinski definition) is 1. The van der Waals surface area contributed by atoms with E-state index in [1.165, 1.54) is 24.3 Å². The first-order valence-corrected chi connectivity index (χ1v) is 8.61. The van der Waals surface area contributed by atoms with Gasteiger partial charge in [0.2, 0.25) is 0 Å². The highest BCUT2D eigenvalue weighted by molar-refractivity contribution is 9.11. The number of sulfonamides is 1. The van der Waals surface area contributed by atoms with Gasteiger partial charge in [-0.15, -0.1) is 0 Å². The molecule has 0 spiro atoms. The quantitative estimate of drug-likeness (QED) is 0.793. The van der Waals surface area contributed by atoms with E-state index in [9.17, 15) is 12.8 Å². The van der Waals surface area contributed by atoms with Gasteiger partial charge in [0.1, 0.15) is 10.7 Å². The highest BCUT2D eigenvalue weighted by Gasteiger charge is 2.20. The van der Waals surface area contributed by atoms with Crippen LogP contribution in [-0.4, -0.2) is 8.42 Å². The lowest BCUT2D eigenvalue weighted by Crippen LogP contribution is -2.14. The molecule has 0 heterocycles. The highest BCUT2D eigenvalue weighted by atomic mass is 79.9. The molecule has 106 valence electrons. The van der Waals surface area contributed by atoms with Crippen LogP contribution in [0.3, 0.4) is 0 Å². The van der Waals surface area contributed by atoms with E-state index in [2.05, 4.69) is 36.6 Å². The standard InChI is InChI=1S/C13H10Br2FNO2S/c1-8-6-10(15)13(7-9(8)14)20(18,19)17-12-5-3-2-4-11(12)16/h2-7,17H,1H3. The second-order valence-electron chi connectivity index (χ2n) is 4.12. The van der Waals surface area contributed by atoms with E-state index in [1.54, 1.807) is 12.1 Å². The number of benzene rings is 2. The number of anilines is 1. The van der Waals surface area contributed by atoms with Crippen LogP contribution in [0.4, 0.5) is 10.1 Å². The molecule has 0 bridgehead atoms. The van der Waals surface area contributed by atoms with Gasteiger partial charge < -0.3 is 0 Å². The van der Waals surface area contributed by atoms with Crippen molar-refractivity contribution in [3.63, 3.8) is 0 Å². The van der Waals surface area contributed by atoms with Crippen molar-refractivity contribution in [1.29, 1.82) is 0 Å². The molecule has 1 N–H and O–H groups in total. The Kier molecular flexibility index (Phi) is 4.51. The summed E-state index contributed by atoms with van der Waals surface area (Å²) >= 11 is 6.50. The molecule has 0 aromatic heterocycles. The smallest absolute Gasteiger partial charge is 0.263 e. The van der Waals surface area contributed by atoms with Crippen LogP contribution < -0.4 is 4.72 Å². The first kappa shape index (κ1) is 15.5. The predicted octanol–water partition coefficient (Wildman–Crippen LogP) is 4.46. The molecule has 7 heteroatoms. The van der Waals surface area contributed by atoms with Gasteiger partial charge in [0.05, 0.1) is 5.69 Å². The summed E-state index contributed by atoms with van der Waals surface area (Å²) in [6.07, 6.45) is 0. The molecule has 0 radical (unpaired) electrons. The zero-order valence-corrected chi connectivity index (χ0v) is 14.3. The third kappa shape index (κ3) is 3.21. The molecule has 20 heavy (non-hydrogen) atoms. The zero-order chi connectivity index (χ0) is 14.9. The second-order valence-corrected chi connectivity index (χ2v) is 7.48. The van der Waals surface area contributed by atoms with Crippen molar-refractivity contribution >= 4 is 47.6 Å². The number of hydrogen-bond acceptors (Lipinski definition) is 2. The van der Waals surface area contributed by atoms with Gasteiger partial charge in [-0.25, -0.2) is 12.8 Å². The Morgan fingerprint density at radius 3 is 2.40 bits per heavy atom. The van der Waals surface area contributed by atoms with E-state index >= 15 is 0 Å². The van der Waals surface area contributed by atoms with Crippen molar-refractivity contribution in [3.05, 3.63) is 56.7 Å². The molecule has 2 aromatic carbocycles. The van der Waals surface area contributed by atoms with Crippen molar-refractivity contribution in [3.8, 4) is 0 Å². The Labute approximate surface area is 133 Å². The van der Waals surface area contributed by atoms with Gasteiger partial charge in [0, 0.05) is 8.95 Å². The van der Waals surface area contributed by atoms with Crippen LogP contribution in [0.15, 0.2) is 50.2 Å². The first-order valence-electron chi connectivity index (χ1n) is 5.54. The summed E-state index contributed by atoms with van der Waals surface area (Å²) in [5, 5.41) is 0. The van der Waals surface area contributed by atoms with Crippen LogP contribution in [0, 0.1) is 12.7 Å². The Bertz CT molecular complexity index is 763. The van der Waals surface area contributed by atoms with Gasteiger partial charge in [-0.2, -0.15) is 0 Å². The molecule has 0 aliphatic heterocycles. The van der Waals surface area contributed by atoms with Gasteiger partial charge in [-0.3, -0.25) is 4.72 Å². The lowest BCUT2D eigenvalue weighted by molar-refractivity contribution is 0.598. The Hall–Kier alpha value is -0.920. The summed E-state index contributed by atoms with van der Waals surface area (Å²) in [6, 6.07) is 8.76.